The average Bonchev–Trinajstić information content (AvgIpc) is 3.02. The molecule has 1 aromatic heterocycles. The van der Waals surface area contributed by atoms with E-state index in [1.165, 1.54) is 11.3 Å². The van der Waals surface area contributed by atoms with Crippen molar-refractivity contribution in [1.82, 2.24) is 4.90 Å². The lowest BCUT2D eigenvalue weighted by Gasteiger charge is -2.28. The van der Waals surface area contributed by atoms with Gasteiger partial charge in [-0.15, -0.1) is 11.3 Å². The molecular weight excluding hydrogens is 358 g/mol. The molecule has 116 valence electrons. The van der Waals surface area contributed by atoms with E-state index in [9.17, 15) is 14.7 Å². The number of carboxylic acid groups (broad SMARTS) is 1. The molecule has 1 saturated heterocycles. The molecule has 7 heteroatoms. The van der Waals surface area contributed by atoms with E-state index in [4.69, 9.17) is 4.74 Å². The third kappa shape index (κ3) is 2.81. The van der Waals surface area contributed by atoms with Crippen LogP contribution in [0.25, 0.3) is 0 Å². The molecule has 0 spiro atoms. The molecule has 1 fully saturated rings. The molecule has 1 atom stereocenters. The predicted molar refractivity (Wildman–Crippen MR) is 84.0 cm³/mol. The van der Waals surface area contributed by atoms with E-state index >= 15 is 0 Å². The molecule has 2 rings (SSSR count). The third-order valence-electron chi connectivity index (χ3n) is 4.21. The van der Waals surface area contributed by atoms with Crippen LogP contribution in [0.15, 0.2) is 9.85 Å². The summed E-state index contributed by atoms with van der Waals surface area (Å²) in [5.41, 5.74) is -0.839. The second-order valence-corrected chi connectivity index (χ2v) is 7.92. The van der Waals surface area contributed by atoms with Gasteiger partial charge < -0.3 is 14.7 Å². The smallest absolute Gasteiger partial charge is 0.311 e. The molecule has 1 aromatic rings. The Morgan fingerprint density at radius 1 is 1.52 bits per heavy atom. The van der Waals surface area contributed by atoms with Crippen LogP contribution >= 0.6 is 27.3 Å². The topological polar surface area (TPSA) is 66.8 Å². The van der Waals surface area contributed by atoms with E-state index in [1.54, 1.807) is 18.1 Å². The summed E-state index contributed by atoms with van der Waals surface area (Å²) in [6, 6.07) is 1.69. The van der Waals surface area contributed by atoms with Gasteiger partial charge in [-0.25, -0.2) is 0 Å². The Labute approximate surface area is 136 Å². The van der Waals surface area contributed by atoms with Gasteiger partial charge in [0.25, 0.3) is 5.91 Å². The van der Waals surface area contributed by atoms with Gasteiger partial charge in [-0.3, -0.25) is 9.59 Å². The van der Waals surface area contributed by atoms with Gasteiger partial charge in [-0.05, 0) is 28.3 Å². The number of thiophene rings is 1. The highest BCUT2D eigenvalue weighted by Crippen LogP contribution is 2.40. The van der Waals surface area contributed by atoms with Gasteiger partial charge in [0.05, 0.1) is 17.4 Å². The first-order chi connectivity index (χ1) is 9.81. The number of aliphatic carboxylic acids is 1. The second kappa shape index (κ2) is 5.96. The first-order valence-corrected chi connectivity index (χ1v) is 8.28. The van der Waals surface area contributed by atoms with Crippen LogP contribution in [0.3, 0.4) is 0 Å². The number of hydrogen-bond acceptors (Lipinski definition) is 4. The van der Waals surface area contributed by atoms with Crippen molar-refractivity contribution in [3.8, 4) is 5.75 Å². The van der Waals surface area contributed by atoms with Crippen LogP contribution in [0, 0.1) is 11.3 Å². The molecule has 0 saturated carbocycles. The van der Waals surface area contributed by atoms with E-state index in [1.807, 2.05) is 13.8 Å². The van der Waals surface area contributed by atoms with E-state index in [0.29, 0.717) is 23.6 Å². The highest BCUT2D eigenvalue weighted by molar-refractivity contribution is 9.11. The zero-order valence-electron chi connectivity index (χ0n) is 12.2. The van der Waals surface area contributed by atoms with Crippen molar-refractivity contribution in [3.05, 3.63) is 14.7 Å². The van der Waals surface area contributed by atoms with E-state index in [2.05, 4.69) is 15.9 Å². The summed E-state index contributed by atoms with van der Waals surface area (Å²) in [6.07, 6.45) is 0.495. The van der Waals surface area contributed by atoms with Crippen molar-refractivity contribution in [3.63, 3.8) is 0 Å². The number of likely N-dealkylation sites (tertiary alicyclic amines) is 1. The normalized spacial score (nSPS) is 21.9. The van der Waals surface area contributed by atoms with Crippen LogP contribution < -0.4 is 4.74 Å². The van der Waals surface area contributed by atoms with Crippen molar-refractivity contribution >= 4 is 39.1 Å². The summed E-state index contributed by atoms with van der Waals surface area (Å²) < 4.78 is 5.92. The van der Waals surface area contributed by atoms with Gasteiger partial charge in [0.1, 0.15) is 9.54 Å². The number of methoxy groups -OCH3 is 1. The maximum absolute atomic E-state index is 12.5. The van der Waals surface area contributed by atoms with Crippen LogP contribution in [0.2, 0.25) is 0 Å². The predicted octanol–water partition coefficient (Wildman–Crippen LogP) is 3.09. The van der Waals surface area contributed by atoms with E-state index in [0.717, 1.165) is 3.79 Å². The molecule has 1 N–H and O–H groups in total. The minimum Gasteiger partial charge on any atom is -0.495 e. The van der Waals surface area contributed by atoms with Crippen LogP contribution in [0.1, 0.15) is 29.9 Å². The van der Waals surface area contributed by atoms with Crippen molar-refractivity contribution in [1.29, 1.82) is 0 Å². The van der Waals surface area contributed by atoms with Gasteiger partial charge in [0.15, 0.2) is 0 Å². The zero-order valence-corrected chi connectivity index (χ0v) is 14.6. The van der Waals surface area contributed by atoms with Crippen LogP contribution in [-0.2, 0) is 4.79 Å². The number of carboxylic acids is 1. The number of carbonyl (C=O) groups excluding carboxylic acids is 1. The number of rotatable bonds is 4. The van der Waals surface area contributed by atoms with E-state index in [-0.39, 0.29) is 18.4 Å². The molecule has 5 nitrogen and oxygen atoms in total. The Morgan fingerprint density at radius 3 is 2.62 bits per heavy atom. The number of amides is 1. The summed E-state index contributed by atoms with van der Waals surface area (Å²) in [5.74, 6) is -0.348. The Kier molecular flexibility index (Phi) is 4.63. The lowest BCUT2D eigenvalue weighted by molar-refractivity contribution is -0.150. The maximum Gasteiger partial charge on any atom is 0.311 e. The summed E-state index contributed by atoms with van der Waals surface area (Å²) in [4.78, 5) is 26.3. The molecule has 0 aliphatic carbocycles. The Hall–Kier alpha value is -1.08. The lowest BCUT2D eigenvalue weighted by atomic mass is 9.76. The SMILES string of the molecule is COc1cc(C(=O)N2CCC(C(=O)O)(C(C)C)C2)sc1Br. The molecule has 0 aromatic carbocycles. The van der Waals surface area contributed by atoms with Crippen molar-refractivity contribution in [2.45, 2.75) is 20.3 Å². The molecule has 1 aliphatic rings. The first kappa shape index (κ1) is 16.3. The molecule has 1 unspecified atom stereocenters. The fourth-order valence-electron chi connectivity index (χ4n) is 2.65. The third-order valence-corrected chi connectivity index (χ3v) is 5.97. The quantitative estimate of drug-likeness (QED) is 0.877. The monoisotopic (exact) mass is 375 g/mol. The molecule has 2 heterocycles. The zero-order chi connectivity index (χ0) is 15.8. The van der Waals surface area contributed by atoms with Crippen LogP contribution in [0.4, 0.5) is 0 Å². The second-order valence-electron chi connectivity index (χ2n) is 5.55. The fourth-order valence-corrected chi connectivity index (χ4v) is 4.27. The molecule has 1 amide bonds. The Bertz CT molecular complexity index is 571. The largest absolute Gasteiger partial charge is 0.495 e. The van der Waals surface area contributed by atoms with Crippen LogP contribution in [0.5, 0.6) is 5.75 Å². The number of nitrogens with zero attached hydrogens (tertiary/aromatic N) is 1. The van der Waals surface area contributed by atoms with E-state index < -0.39 is 11.4 Å². The number of ether oxygens (including phenoxy) is 1. The highest BCUT2D eigenvalue weighted by Gasteiger charge is 2.48. The minimum atomic E-state index is -0.839. The number of carbonyl (C=O) groups is 2. The van der Waals surface area contributed by atoms with Gasteiger partial charge >= 0.3 is 5.97 Å². The lowest BCUT2D eigenvalue weighted by Crippen LogP contribution is -2.40. The van der Waals surface area contributed by atoms with Crippen molar-refractivity contribution < 1.29 is 19.4 Å². The van der Waals surface area contributed by atoms with Crippen LogP contribution in [-0.4, -0.2) is 42.1 Å². The van der Waals surface area contributed by atoms with Crippen molar-refractivity contribution in [2.24, 2.45) is 11.3 Å². The van der Waals surface area contributed by atoms with Gasteiger partial charge in [-0.1, -0.05) is 13.8 Å². The molecule has 0 radical (unpaired) electrons. The highest BCUT2D eigenvalue weighted by atomic mass is 79.9. The maximum atomic E-state index is 12.5. The summed E-state index contributed by atoms with van der Waals surface area (Å²) in [5, 5.41) is 9.53. The Balaban J connectivity index is 2.20. The summed E-state index contributed by atoms with van der Waals surface area (Å²) >= 11 is 4.66. The number of hydrogen-bond donors (Lipinski definition) is 1. The van der Waals surface area contributed by atoms with Crippen molar-refractivity contribution in [2.75, 3.05) is 20.2 Å². The number of halogens is 1. The molecular formula is C14H18BrNO4S. The van der Waals surface area contributed by atoms with Gasteiger partial charge in [0, 0.05) is 19.2 Å². The Morgan fingerprint density at radius 2 is 2.19 bits per heavy atom. The molecule has 21 heavy (non-hydrogen) atoms. The first-order valence-electron chi connectivity index (χ1n) is 6.68. The minimum absolute atomic E-state index is 0.0163. The summed E-state index contributed by atoms with van der Waals surface area (Å²) in [6.45, 7) is 4.53. The fraction of sp³-hybridized carbons (Fsp3) is 0.571. The average molecular weight is 376 g/mol. The molecule has 1 aliphatic heterocycles. The molecule has 0 bridgehead atoms. The summed E-state index contributed by atoms with van der Waals surface area (Å²) in [7, 11) is 1.55. The van der Waals surface area contributed by atoms with Gasteiger partial charge in [-0.2, -0.15) is 0 Å². The van der Waals surface area contributed by atoms with Gasteiger partial charge in [0.2, 0.25) is 0 Å². The standard InChI is InChI=1S/C14H18BrNO4S/c1-8(2)14(13(18)19)4-5-16(7-14)12(17)10-6-9(20-3)11(15)21-10/h6,8H,4-5,7H2,1-3H3,(H,18,19).